The second-order valence-electron chi connectivity index (χ2n) is 7.21. The lowest BCUT2D eigenvalue weighted by Crippen LogP contribution is -2.51. The summed E-state index contributed by atoms with van der Waals surface area (Å²) in [5.74, 6) is 0.355. The van der Waals surface area contributed by atoms with E-state index in [4.69, 9.17) is 4.74 Å². The summed E-state index contributed by atoms with van der Waals surface area (Å²) in [5.41, 5.74) is -0.555. The molecule has 1 fully saturated rings. The molecular formula is C16H30N2O3. The number of alkyl carbamates (subject to hydrolysis) is 1. The highest BCUT2D eigenvalue weighted by Crippen LogP contribution is 2.15. The predicted octanol–water partition coefficient (Wildman–Crippen LogP) is 2.94. The number of nitrogens with one attached hydrogen (secondary N) is 1. The van der Waals surface area contributed by atoms with Gasteiger partial charge in [-0.2, -0.15) is 0 Å². The minimum absolute atomic E-state index is 0.0225. The maximum Gasteiger partial charge on any atom is 0.408 e. The maximum atomic E-state index is 12.6. The molecule has 0 aromatic rings. The first kappa shape index (κ1) is 17.8. The highest BCUT2D eigenvalue weighted by atomic mass is 16.6. The van der Waals surface area contributed by atoms with Gasteiger partial charge in [-0.15, -0.1) is 0 Å². The van der Waals surface area contributed by atoms with Gasteiger partial charge in [-0.1, -0.05) is 13.8 Å². The Morgan fingerprint density at radius 3 is 2.19 bits per heavy atom. The number of piperidine rings is 1. The predicted molar refractivity (Wildman–Crippen MR) is 83.0 cm³/mol. The van der Waals surface area contributed by atoms with Crippen LogP contribution in [0.15, 0.2) is 0 Å². The minimum atomic E-state index is -0.555. The van der Waals surface area contributed by atoms with Crippen molar-refractivity contribution in [2.75, 3.05) is 13.1 Å². The SMILES string of the molecule is CC(C)C[C@H](NC(=O)OC(C)(C)C)C(=O)N1CCCCC1. The average molecular weight is 298 g/mol. The zero-order chi connectivity index (χ0) is 16.0. The number of rotatable bonds is 4. The molecular weight excluding hydrogens is 268 g/mol. The number of carbonyl (C=O) groups is 2. The Hall–Kier alpha value is -1.26. The topological polar surface area (TPSA) is 58.6 Å². The van der Waals surface area contributed by atoms with E-state index in [1.807, 2.05) is 39.5 Å². The van der Waals surface area contributed by atoms with Gasteiger partial charge in [0.05, 0.1) is 0 Å². The Bertz CT molecular complexity index is 355. The number of likely N-dealkylation sites (tertiary alicyclic amines) is 1. The molecule has 2 amide bonds. The summed E-state index contributed by atoms with van der Waals surface area (Å²) < 4.78 is 5.27. The highest BCUT2D eigenvalue weighted by molar-refractivity contribution is 5.85. The van der Waals surface area contributed by atoms with Crippen LogP contribution in [0.2, 0.25) is 0 Å². The lowest BCUT2D eigenvalue weighted by molar-refractivity contribution is -0.134. The average Bonchev–Trinajstić information content (AvgIpc) is 2.35. The second-order valence-corrected chi connectivity index (χ2v) is 7.21. The van der Waals surface area contributed by atoms with Crippen LogP contribution in [0.1, 0.15) is 60.3 Å². The number of ether oxygens (including phenoxy) is 1. The standard InChI is InChI=1S/C16H30N2O3/c1-12(2)11-13(17-15(20)21-16(3,4)5)14(19)18-9-7-6-8-10-18/h12-13H,6-11H2,1-5H3,(H,17,20)/t13-/m0/s1. The molecule has 21 heavy (non-hydrogen) atoms. The lowest BCUT2D eigenvalue weighted by atomic mass is 10.0. The van der Waals surface area contributed by atoms with Crippen molar-refractivity contribution in [2.45, 2.75) is 71.9 Å². The van der Waals surface area contributed by atoms with Crippen molar-refractivity contribution in [3.63, 3.8) is 0 Å². The van der Waals surface area contributed by atoms with E-state index in [2.05, 4.69) is 5.32 Å². The zero-order valence-electron chi connectivity index (χ0n) is 14.1. The first-order chi connectivity index (χ1) is 9.69. The van der Waals surface area contributed by atoms with Crippen molar-refractivity contribution < 1.29 is 14.3 Å². The molecule has 1 N–H and O–H groups in total. The maximum absolute atomic E-state index is 12.6. The van der Waals surface area contributed by atoms with E-state index in [9.17, 15) is 9.59 Å². The van der Waals surface area contributed by atoms with Crippen molar-refractivity contribution in [3.05, 3.63) is 0 Å². The smallest absolute Gasteiger partial charge is 0.408 e. The van der Waals surface area contributed by atoms with Gasteiger partial charge in [0.15, 0.2) is 0 Å². The van der Waals surface area contributed by atoms with Crippen LogP contribution in [0.5, 0.6) is 0 Å². The number of hydrogen-bond acceptors (Lipinski definition) is 3. The Morgan fingerprint density at radius 2 is 1.71 bits per heavy atom. The van der Waals surface area contributed by atoms with Crippen LogP contribution in [-0.4, -0.2) is 41.6 Å². The van der Waals surface area contributed by atoms with Crippen LogP contribution in [-0.2, 0) is 9.53 Å². The third-order valence-electron chi connectivity index (χ3n) is 3.36. The molecule has 0 aliphatic carbocycles. The van der Waals surface area contributed by atoms with Gasteiger partial charge in [-0.3, -0.25) is 4.79 Å². The summed E-state index contributed by atoms with van der Waals surface area (Å²) in [4.78, 5) is 26.4. The third kappa shape index (κ3) is 6.82. The number of hydrogen-bond donors (Lipinski definition) is 1. The molecule has 1 rings (SSSR count). The third-order valence-corrected chi connectivity index (χ3v) is 3.36. The summed E-state index contributed by atoms with van der Waals surface area (Å²) >= 11 is 0. The van der Waals surface area contributed by atoms with E-state index in [1.165, 1.54) is 6.42 Å². The molecule has 1 aliphatic rings. The van der Waals surface area contributed by atoms with Crippen LogP contribution in [0, 0.1) is 5.92 Å². The van der Waals surface area contributed by atoms with Crippen molar-refractivity contribution >= 4 is 12.0 Å². The number of carbonyl (C=O) groups excluding carboxylic acids is 2. The molecule has 0 aromatic carbocycles. The summed E-state index contributed by atoms with van der Waals surface area (Å²) in [7, 11) is 0. The van der Waals surface area contributed by atoms with Gasteiger partial charge in [-0.05, 0) is 52.4 Å². The fraction of sp³-hybridized carbons (Fsp3) is 0.875. The molecule has 0 spiro atoms. The van der Waals surface area contributed by atoms with Crippen LogP contribution in [0.3, 0.4) is 0 Å². The largest absolute Gasteiger partial charge is 0.444 e. The molecule has 122 valence electrons. The monoisotopic (exact) mass is 298 g/mol. The van der Waals surface area contributed by atoms with Gasteiger partial charge in [-0.25, -0.2) is 4.79 Å². The van der Waals surface area contributed by atoms with Gasteiger partial charge in [0.1, 0.15) is 11.6 Å². The Labute approximate surface area is 128 Å². The summed E-state index contributed by atoms with van der Waals surface area (Å²) in [6.07, 6.45) is 3.39. The lowest BCUT2D eigenvalue weighted by Gasteiger charge is -2.31. The second kappa shape index (κ2) is 7.66. The van der Waals surface area contributed by atoms with Gasteiger partial charge in [0, 0.05) is 13.1 Å². The van der Waals surface area contributed by atoms with Crippen molar-refractivity contribution in [3.8, 4) is 0 Å². The van der Waals surface area contributed by atoms with Crippen LogP contribution < -0.4 is 5.32 Å². The van der Waals surface area contributed by atoms with Gasteiger partial charge in [0.25, 0.3) is 0 Å². The molecule has 5 heteroatoms. The summed E-state index contributed by atoms with van der Waals surface area (Å²) in [6.45, 7) is 11.1. The quantitative estimate of drug-likeness (QED) is 0.868. The minimum Gasteiger partial charge on any atom is -0.444 e. The van der Waals surface area contributed by atoms with E-state index in [0.29, 0.717) is 12.3 Å². The van der Waals surface area contributed by atoms with E-state index >= 15 is 0 Å². The molecule has 1 heterocycles. The molecule has 0 unspecified atom stereocenters. The van der Waals surface area contributed by atoms with Crippen LogP contribution in [0.25, 0.3) is 0 Å². The Kier molecular flexibility index (Phi) is 6.49. The van der Waals surface area contributed by atoms with Crippen LogP contribution in [0.4, 0.5) is 4.79 Å². The van der Waals surface area contributed by atoms with Gasteiger partial charge < -0.3 is 15.0 Å². The summed E-state index contributed by atoms with van der Waals surface area (Å²) in [6, 6.07) is -0.488. The first-order valence-electron chi connectivity index (χ1n) is 7.97. The van der Waals surface area contributed by atoms with Crippen molar-refractivity contribution in [1.29, 1.82) is 0 Å². The van der Waals surface area contributed by atoms with E-state index in [-0.39, 0.29) is 5.91 Å². The highest BCUT2D eigenvalue weighted by Gasteiger charge is 2.29. The fourth-order valence-electron chi connectivity index (χ4n) is 2.48. The first-order valence-corrected chi connectivity index (χ1v) is 7.97. The Balaban J connectivity index is 2.65. The van der Waals surface area contributed by atoms with E-state index in [0.717, 1.165) is 25.9 Å². The molecule has 1 saturated heterocycles. The zero-order valence-corrected chi connectivity index (χ0v) is 14.1. The molecule has 0 radical (unpaired) electrons. The molecule has 0 aromatic heterocycles. The molecule has 1 atom stereocenters. The fourth-order valence-corrected chi connectivity index (χ4v) is 2.48. The van der Waals surface area contributed by atoms with Gasteiger partial charge in [0.2, 0.25) is 5.91 Å². The molecule has 0 bridgehead atoms. The molecule has 5 nitrogen and oxygen atoms in total. The van der Waals surface area contributed by atoms with Crippen molar-refractivity contribution in [1.82, 2.24) is 10.2 Å². The number of nitrogens with zero attached hydrogens (tertiary/aromatic N) is 1. The van der Waals surface area contributed by atoms with E-state index < -0.39 is 17.7 Å². The normalized spacial score (nSPS) is 17.5. The van der Waals surface area contributed by atoms with Crippen LogP contribution >= 0.6 is 0 Å². The molecule has 0 saturated carbocycles. The van der Waals surface area contributed by atoms with Gasteiger partial charge >= 0.3 is 6.09 Å². The van der Waals surface area contributed by atoms with E-state index in [1.54, 1.807) is 0 Å². The van der Waals surface area contributed by atoms with Crippen molar-refractivity contribution in [2.24, 2.45) is 5.92 Å². The Morgan fingerprint density at radius 1 is 1.14 bits per heavy atom. The number of amides is 2. The molecule has 1 aliphatic heterocycles. The summed E-state index contributed by atoms with van der Waals surface area (Å²) in [5, 5.41) is 2.75.